The van der Waals surface area contributed by atoms with E-state index in [1.54, 1.807) is 0 Å². The van der Waals surface area contributed by atoms with Crippen LogP contribution in [0, 0.1) is 13.8 Å². The van der Waals surface area contributed by atoms with Crippen molar-refractivity contribution in [3.8, 4) is 11.5 Å². The monoisotopic (exact) mass is 255 g/mol. The Morgan fingerprint density at radius 3 is 2.37 bits per heavy atom. The summed E-state index contributed by atoms with van der Waals surface area (Å²) in [6.07, 6.45) is 0.942. The highest BCUT2D eigenvalue weighted by atomic mass is 16.5. The SMILES string of the molecule is CC[C@H](N)c1ccc(Oc2cccc(C)c2C)cc1. The Balaban J connectivity index is 2.18. The fourth-order valence-electron chi connectivity index (χ4n) is 1.98. The second kappa shape index (κ2) is 5.89. The lowest BCUT2D eigenvalue weighted by Crippen LogP contribution is -2.08. The molecule has 0 bridgehead atoms. The molecule has 1 atom stereocenters. The third-order valence-corrected chi connectivity index (χ3v) is 3.53. The maximum Gasteiger partial charge on any atom is 0.130 e. The predicted molar refractivity (Wildman–Crippen MR) is 79.7 cm³/mol. The summed E-state index contributed by atoms with van der Waals surface area (Å²) < 4.78 is 5.92. The van der Waals surface area contributed by atoms with E-state index in [4.69, 9.17) is 10.5 Å². The number of aryl methyl sites for hydroxylation is 1. The van der Waals surface area contributed by atoms with Crippen LogP contribution in [0.1, 0.15) is 36.1 Å². The molecule has 0 radical (unpaired) electrons. The van der Waals surface area contributed by atoms with Crippen molar-refractivity contribution in [3.63, 3.8) is 0 Å². The molecule has 0 aliphatic carbocycles. The van der Waals surface area contributed by atoms with Gasteiger partial charge in [0.1, 0.15) is 11.5 Å². The average Bonchev–Trinajstić information content (AvgIpc) is 2.44. The zero-order valence-corrected chi connectivity index (χ0v) is 11.8. The molecule has 0 saturated heterocycles. The largest absolute Gasteiger partial charge is 0.457 e. The van der Waals surface area contributed by atoms with Gasteiger partial charge in [-0.2, -0.15) is 0 Å². The van der Waals surface area contributed by atoms with E-state index in [0.717, 1.165) is 23.5 Å². The second-order valence-corrected chi connectivity index (χ2v) is 4.88. The molecular formula is C17H21NO. The van der Waals surface area contributed by atoms with Crippen molar-refractivity contribution in [2.75, 3.05) is 0 Å². The van der Waals surface area contributed by atoms with Crippen LogP contribution in [0.25, 0.3) is 0 Å². The Labute approximate surface area is 115 Å². The van der Waals surface area contributed by atoms with Crippen LogP contribution in [0.2, 0.25) is 0 Å². The van der Waals surface area contributed by atoms with Gasteiger partial charge in [-0.3, -0.25) is 0 Å². The Morgan fingerprint density at radius 2 is 1.74 bits per heavy atom. The molecule has 2 aromatic carbocycles. The highest BCUT2D eigenvalue weighted by Crippen LogP contribution is 2.27. The minimum atomic E-state index is 0.106. The Hall–Kier alpha value is -1.80. The minimum absolute atomic E-state index is 0.106. The first-order valence-corrected chi connectivity index (χ1v) is 6.71. The van der Waals surface area contributed by atoms with Gasteiger partial charge in [-0.25, -0.2) is 0 Å². The third kappa shape index (κ3) is 3.15. The zero-order valence-electron chi connectivity index (χ0n) is 11.8. The molecule has 0 unspecified atom stereocenters. The lowest BCUT2D eigenvalue weighted by atomic mass is 10.1. The zero-order chi connectivity index (χ0) is 13.8. The Morgan fingerprint density at radius 1 is 1.05 bits per heavy atom. The first-order chi connectivity index (χ1) is 9.11. The van der Waals surface area contributed by atoms with Crippen LogP contribution in [0.3, 0.4) is 0 Å². The van der Waals surface area contributed by atoms with Gasteiger partial charge in [0.2, 0.25) is 0 Å². The smallest absolute Gasteiger partial charge is 0.130 e. The summed E-state index contributed by atoms with van der Waals surface area (Å²) in [5.41, 5.74) is 9.56. The summed E-state index contributed by atoms with van der Waals surface area (Å²) in [6, 6.07) is 14.2. The fraction of sp³-hybridized carbons (Fsp3) is 0.294. The van der Waals surface area contributed by atoms with Crippen molar-refractivity contribution in [1.29, 1.82) is 0 Å². The molecule has 0 aliphatic rings. The van der Waals surface area contributed by atoms with Crippen molar-refractivity contribution in [1.82, 2.24) is 0 Å². The van der Waals surface area contributed by atoms with E-state index in [1.807, 2.05) is 36.4 Å². The molecule has 0 aliphatic heterocycles. The van der Waals surface area contributed by atoms with E-state index < -0.39 is 0 Å². The highest BCUT2D eigenvalue weighted by molar-refractivity contribution is 5.41. The second-order valence-electron chi connectivity index (χ2n) is 4.88. The number of nitrogens with two attached hydrogens (primary N) is 1. The van der Waals surface area contributed by atoms with Crippen LogP contribution in [0.4, 0.5) is 0 Å². The number of ether oxygens (including phenoxy) is 1. The van der Waals surface area contributed by atoms with Gasteiger partial charge in [0.15, 0.2) is 0 Å². The van der Waals surface area contributed by atoms with Crippen molar-refractivity contribution in [2.45, 2.75) is 33.2 Å². The molecule has 0 aromatic heterocycles. The van der Waals surface area contributed by atoms with Gasteiger partial charge in [0.05, 0.1) is 0 Å². The fourth-order valence-corrected chi connectivity index (χ4v) is 1.98. The van der Waals surface area contributed by atoms with E-state index in [1.165, 1.54) is 11.1 Å². The average molecular weight is 255 g/mol. The maximum absolute atomic E-state index is 6.00. The van der Waals surface area contributed by atoms with Crippen molar-refractivity contribution >= 4 is 0 Å². The molecule has 19 heavy (non-hydrogen) atoms. The minimum Gasteiger partial charge on any atom is -0.457 e. The van der Waals surface area contributed by atoms with Gasteiger partial charge < -0.3 is 10.5 Å². The molecule has 2 nitrogen and oxygen atoms in total. The normalized spacial score (nSPS) is 12.2. The van der Waals surface area contributed by atoms with E-state index in [2.05, 4.69) is 26.8 Å². The molecule has 0 fully saturated rings. The van der Waals surface area contributed by atoms with E-state index in [0.29, 0.717) is 0 Å². The molecule has 2 aromatic rings. The van der Waals surface area contributed by atoms with Gasteiger partial charge in [0.25, 0.3) is 0 Å². The van der Waals surface area contributed by atoms with Crippen LogP contribution in [0.15, 0.2) is 42.5 Å². The van der Waals surface area contributed by atoms with Crippen LogP contribution in [-0.4, -0.2) is 0 Å². The first-order valence-electron chi connectivity index (χ1n) is 6.71. The standard InChI is InChI=1S/C17H21NO/c1-4-16(18)14-8-10-15(11-9-14)19-17-7-5-6-12(2)13(17)3/h5-11,16H,4,18H2,1-3H3/t16-/m0/s1. The third-order valence-electron chi connectivity index (χ3n) is 3.53. The quantitative estimate of drug-likeness (QED) is 0.872. The van der Waals surface area contributed by atoms with Crippen molar-refractivity contribution in [3.05, 3.63) is 59.2 Å². The van der Waals surface area contributed by atoms with Gasteiger partial charge in [0, 0.05) is 6.04 Å². The van der Waals surface area contributed by atoms with Crippen molar-refractivity contribution in [2.24, 2.45) is 5.73 Å². The molecule has 100 valence electrons. The molecule has 0 saturated carbocycles. The summed E-state index contributed by atoms with van der Waals surface area (Å²) in [7, 11) is 0. The Bertz CT molecular complexity index is 546. The summed E-state index contributed by atoms with van der Waals surface area (Å²) in [4.78, 5) is 0. The molecule has 0 heterocycles. The molecule has 0 spiro atoms. The molecule has 2 rings (SSSR count). The number of hydrogen-bond donors (Lipinski definition) is 1. The Kier molecular flexibility index (Phi) is 4.23. The highest BCUT2D eigenvalue weighted by Gasteiger charge is 2.05. The van der Waals surface area contributed by atoms with Crippen LogP contribution in [0.5, 0.6) is 11.5 Å². The van der Waals surface area contributed by atoms with Crippen LogP contribution < -0.4 is 10.5 Å². The van der Waals surface area contributed by atoms with Crippen LogP contribution in [-0.2, 0) is 0 Å². The number of benzene rings is 2. The summed E-state index contributed by atoms with van der Waals surface area (Å²) in [5.74, 6) is 1.76. The lowest BCUT2D eigenvalue weighted by Gasteiger charge is -2.12. The molecule has 2 N–H and O–H groups in total. The molecule has 2 heteroatoms. The summed E-state index contributed by atoms with van der Waals surface area (Å²) in [6.45, 7) is 6.25. The van der Waals surface area contributed by atoms with Gasteiger partial charge >= 0.3 is 0 Å². The van der Waals surface area contributed by atoms with Gasteiger partial charge in [-0.15, -0.1) is 0 Å². The summed E-state index contributed by atoms with van der Waals surface area (Å²) >= 11 is 0. The van der Waals surface area contributed by atoms with E-state index >= 15 is 0 Å². The van der Waals surface area contributed by atoms with Gasteiger partial charge in [-0.1, -0.05) is 31.2 Å². The van der Waals surface area contributed by atoms with Crippen LogP contribution >= 0.6 is 0 Å². The lowest BCUT2D eigenvalue weighted by molar-refractivity contribution is 0.478. The van der Waals surface area contributed by atoms with Crippen molar-refractivity contribution < 1.29 is 4.74 Å². The topological polar surface area (TPSA) is 35.2 Å². The number of rotatable bonds is 4. The molecule has 0 amide bonds. The van der Waals surface area contributed by atoms with E-state index in [9.17, 15) is 0 Å². The number of hydrogen-bond acceptors (Lipinski definition) is 2. The van der Waals surface area contributed by atoms with E-state index in [-0.39, 0.29) is 6.04 Å². The predicted octanol–water partition coefficient (Wildman–Crippen LogP) is 4.51. The molecular weight excluding hydrogens is 234 g/mol. The summed E-state index contributed by atoms with van der Waals surface area (Å²) in [5, 5.41) is 0. The van der Waals surface area contributed by atoms with Gasteiger partial charge in [-0.05, 0) is 55.2 Å². The first kappa shape index (κ1) is 13.6. The maximum atomic E-state index is 6.00.